The van der Waals surface area contributed by atoms with Crippen molar-refractivity contribution in [3.05, 3.63) is 120 Å². The van der Waals surface area contributed by atoms with Gasteiger partial charge in [-0.05, 0) is 6.42 Å². The van der Waals surface area contributed by atoms with E-state index in [0.717, 1.165) is 6.42 Å². The molecule has 0 spiro atoms. The van der Waals surface area contributed by atoms with E-state index in [2.05, 4.69) is 109 Å². The Kier molecular flexibility index (Phi) is 10.5. The summed E-state index contributed by atoms with van der Waals surface area (Å²) in [6.45, 7) is 0. The Bertz CT molecular complexity index is 1050. The quantitative estimate of drug-likeness (QED) is 0.326. The normalized spacial score (nSPS) is 9.43. The molecule has 0 saturated carbocycles. The summed E-state index contributed by atoms with van der Waals surface area (Å²) in [5.41, 5.74) is 2.79. The SMILES string of the molecule is [Cl-].[Cl-].[Zr+4].c1ccc(Cc2c[cH-]c3ccccc23)cc1.c1ccc2[cH-]ccc2c1. The van der Waals surface area contributed by atoms with Crippen LogP contribution in [-0.2, 0) is 32.6 Å². The predicted octanol–water partition coefficient (Wildman–Crippen LogP) is 0.714. The van der Waals surface area contributed by atoms with E-state index in [1.807, 2.05) is 0 Å². The number of hydrogen-bond acceptors (Lipinski definition) is 0. The van der Waals surface area contributed by atoms with Gasteiger partial charge in [0.15, 0.2) is 0 Å². The fourth-order valence-electron chi connectivity index (χ4n) is 3.25. The molecule has 0 aromatic heterocycles. The molecular formula is C25H20Cl2Zr. The molecular weight excluding hydrogens is 462 g/mol. The Hall–Kier alpha value is -1.66. The molecule has 5 rings (SSSR count). The third kappa shape index (κ3) is 5.92. The van der Waals surface area contributed by atoms with Crippen LogP contribution in [0.3, 0.4) is 0 Å². The average molecular weight is 483 g/mol. The van der Waals surface area contributed by atoms with Crippen LogP contribution in [0.1, 0.15) is 11.1 Å². The van der Waals surface area contributed by atoms with E-state index in [4.69, 9.17) is 0 Å². The minimum Gasteiger partial charge on any atom is -1.00 e. The largest absolute Gasteiger partial charge is 4.00 e. The van der Waals surface area contributed by atoms with Crippen LogP contribution in [0.4, 0.5) is 0 Å². The van der Waals surface area contributed by atoms with Crippen LogP contribution in [0.5, 0.6) is 0 Å². The number of benzene rings is 3. The van der Waals surface area contributed by atoms with E-state index in [0.29, 0.717) is 0 Å². The maximum absolute atomic E-state index is 2.23. The molecule has 0 heterocycles. The molecule has 0 N–H and O–H groups in total. The second-order valence-corrected chi connectivity index (χ2v) is 6.26. The summed E-state index contributed by atoms with van der Waals surface area (Å²) in [7, 11) is 0. The van der Waals surface area contributed by atoms with Gasteiger partial charge in [-0.3, -0.25) is 0 Å². The Morgan fingerprint density at radius 1 is 0.607 bits per heavy atom. The summed E-state index contributed by atoms with van der Waals surface area (Å²) in [5.74, 6) is 0. The van der Waals surface area contributed by atoms with E-state index in [1.54, 1.807) is 0 Å². The first-order valence-electron chi connectivity index (χ1n) is 8.68. The van der Waals surface area contributed by atoms with Crippen molar-refractivity contribution in [3.8, 4) is 0 Å². The van der Waals surface area contributed by atoms with E-state index in [9.17, 15) is 0 Å². The number of hydrogen-bond donors (Lipinski definition) is 0. The molecule has 0 bridgehead atoms. The van der Waals surface area contributed by atoms with Crippen molar-refractivity contribution in [3.63, 3.8) is 0 Å². The van der Waals surface area contributed by atoms with Crippen LogP contribution in [0.2, 0.25) is 0 Å². The number of halogens is 2. The summed E-state index contributed by atoms with van der Waals surface area (Å²) < 4.78 is 0. The zero-order valence-electron chi connectivity index (χ0n) is 15.4. The second-order valence-electron chi connectivity index (χ2n) is 6.26. The van der Waals surface area contributed by atoms with Crippen molar-refractivity contribution < 1.29 is 51.0 Å². The molecule has 0 atom stereocenters. The molecule has 5 aromatic rings. The molecule has 138 valence electrons. The molecule has 0 nitrogen and oxygen atoms in total. The van der Waals surface area contributed by atoms with Crippen molar-refractivity contribution in [2.45, 2.75) is 6.42 Å². The molecule has 5 aromatic carbocycles. The molecule has 0 fully saturated rings. The van der Waals surface area contributed by atoms with Gasteiger partial charge < -0.3 is 24.8 Å². The molecule has 0 aliphatic heterocycles. The Labute approximate surface area is 198 Å². The maximum atomic E-state index is 2.23. The second kappa shape index (κ2) is 12.0. The van der Waals surface area contributed by atoms with Crippen molar-refractivity contribution >= 4 is 21.5 Å². The van der Waals surface area contributed by atoms with Gasteiger partial charge in [-0.1, -0.05) is 48.0 Å². The minimum atomic E-state index is 0. The zero-order chi connectivity index (χ0) is 16.9. The molecule has 28 heavy (non-hydrogen) atoms. The first kappa shape index (κ1) is 24.4. The fraction of sp³-hybridized carbons (Fsp3) is 0.0400. The third-order valence-electron chi connectivity index (χ3n) is 4.56. The van der Waals surface area contributed by atoms with Crippen LogP contribution < -0.4 is 24.8 Å². The third-order valence-corrected chi connectivity index (χ3v) is 4.56. The molecule has 0 radical (unpaired) electrons. The fourth-order valence-corrected chi connectivity index (χ4v) is 3.25. The first-order chi connectivity index (χ1) is 12.4. The van der Waals surface area contributed by atoms with Gasteiger partial charge in [0.05, 0.1) is 0 Å². The average Bonchev–Trinajstić information content (AvgIpc) is 3.30. The van der Waals surface area contributed by atoms with Crippen LogP contribution in [0, 0.1) is 0 Å². The van der Waals surface area contributed by atoms with Gasteiger partial charge in [-0.25, -0.2) is 0 Å². The van der Waals surface area contributed by atoms with Gasteiger partial charge in [0.25, 0.3) is 0 Å². The van der Waals surface area contributed by atoms with Crippen LogP contribution in [-0.4, -0.2) is 0 Å². The Morgan fingerprint density at radius 2 is 1.25 bits per heavy atom. The van der Waals surface area contributed by atoms with E-state index in [-0.39, 0.29) is 51.0 Å². The smallest absolute Gasteiger partial charge is 1.00 e. The zero-order valence-corrected chi connectivity index (χ0v) is 19.3. The molecule has 0 saturated heterocycles. The van der Waals surface area contributed by atoms with E-state index in [1.165, 1.54) is 32.7 Å². The van der Waals surface area contributed by atoms with Gasteiger partial charge in [-0.2, -0.15) is 17.5 Å². The first-order valence-corrected chi connectivity index (χ1v) is 8.68. The Morgan fingerprint density at radius 3 is 2.00 bits per heavy atom. The van der Waals surface area contributed by atoms with E-state index < -0.39 is 0 Å². The summed E-state index contributed by atoms with van der Waals surface area (Å²) in [4.78, 5) is 0. The maximum Gasteiger partial charge on any atom is 4.00 e. The predicted molar refractivity (Wildman–Crippen MR) is 108 cm³/mol. The van der Waals surface area contributed by atoms with Gasteiger partial charge in [0.1, 0.15) is 0 Å². The van der Waals surface area contributed by atoms with Gasteiger partial charge in [-0.15, -0.1) is 76.3 Å². The molecule has 0 unspecified atom stereocenters. The summed E-state index contributed by atoms with van der Waals surface area (Å²) in [6.07, 6.45) is 1.02. The van der Waals surface area contributed by atoms with Gasteiger partial charge in [0.2, 0.25) is 0 Å². The Balaban J connectivity index is 0.000000284. The van der Waals surface area contributed by atoms with Crippen molar-refractivity contribution in [1.29, 1.82) is 0 Å². The number of fused-ring (bicyclic) bond motifs is 2. The van der Waals surface area contributed by atoms with Crippen molar-refractivity contribution in [2.75, 3.05) is 0 Å². The monoisotopic (exact) mass is 480 g/mol. The molecule has 0 amide bonds. The summed E-state index contributed by atoms with van der Waals surface area (Å²) >= 11 is 0. The molecule has 0 aliphatic carbocycles. The summed E-state index contributed by atoms with van der Waals surface area (Å²) in [6, 6.07) is 38.3. The van der Waals surface area contributed by atoms with Crippen molar-refractivity contribution in [1.82, 2.24) is 0 Å². The van der Waals surface area contributed by atoms with Gasteiger partial charge >= 0.3 is 26.2 Å². The van der Waals surface area contributed by atoms with Crippen LogP contribution >= 0.6 is 0 Å². The van der Waals surface area contributed by atoms with Crippen LogP contribution in [0.25, 0.3) is 21.5 Å². The van der Waals surface area contributed by atoms with Crippen LogP contribution in [0.15, 0.2) is 109 Å². The van der Waals surface area contributed by atoms with E-state index >= 15 is 0 Å². The van der Waals surface area contributed by atoms with Gasteiger partial charge in [0, 0.05) is 0 Å². The molecule has 3 heteroatoms. The number of rotatable bonds is 2. The topological polar surface area (TPSA) is 0 Å². The standard InChI is InChI=1S/C16H13.C9H7.2ClH.Zr/c1-2-6-13(7-3-1)12-15-11-10-14-8-4-5-9-16(14)15;1-2-5-9-7-3-6-8(9)4-1;;;/h1-11H,12H2;1-7H;2*1H;/q2*-1;;;+4/p-2. The minimum absolute atomic E-state index is 0. The summed E-state index contributed by atoms with van der Waals surface area (Å²) in [5, 5.41) is 5.38. The molecule has 0 aliphatic rings. The van der Waals surface area contributed by atoms with Crippen molar-refractivity contribution in [2.24, 2.45) is 0 Å².